The monoisotopic (exact) mass is 222 g/mol. The van der Waals surface area contributed by atoms with Gasteiger partial charge in [-0.3, -0.25) is 0 Å². The summed E-state index contributed by atoms with van der Waals surface area (Å²) in [4.78, 5) is 2.22. The van der Waals surface area contributed by atoms with Gasteiger partial charge in [-0.05, 0) is 49.4 Å². The van der Waals surface area contributed by atoms with Gasteiger partial charge >= 0.3 is 0 Å². The average molecular weight is 222 g/mol. The van der Waals surface area contributed by atoms with E-state index in [1.165, 1.54) is 25.0 Å². The molecule has 1 aromatic carbocycles. The van der Waals surface area contributed by atoms with Crippen molar-refractivity contribution in [3.63, 3.8) is 0 Å². The Bertz CT molecular complexity index is 374. The first-order valence-corrected chi connectivity index (χ1v) is 5.85. The first-order chi connectivity index (χ1) is 7.63. The zero-order chi connectivity index (χ0) is 11.7. The average Bonchev–Trinajstić information content (AvgIpc) is 3.10. The molecule has 2 N–H and O–H groups in total. The van der Waals surface area contributed by atoms with Gasteiger partial charge in [0.2, 0.25) is 0 Å². The van der Waals surface area contributed by atoms with Gasteiger partial charge in [0.15, 0.2) is 0 Å². The predicted molar refractivity (Wildman–Crippen MR) is 64.9 cm³/mol. The summed E-state index contributed by atoms with van der Waals surface area (Å²) in [5, 5.41) is 0. The van der Waals surface area contributed by atoms with E-state index in [0.717, 1.165) is 17.2 Å². The van der Waals surface area contributed by atoms with Gasteiger partial charge in [-0.15, -0.1) is 0 Å². The van der Waals surface area contributed by atoms with Crippen molar-refractivity contribution >= 4 is 5.69 Å². The molecular formula is C13H19FN2. The molecule has 0 radical (unpaired) electrons. The highest BCUT2D eigenvalue weighted by atomic mass is 19.1. The molecule has 0 saturated heterocycles. The molecule has 16 heavy (non-hydrogen) atoms. The molecule has 0 spiro atoms. The largest absolute Gasteiger partial charge is 0.371 e. The Balaban J connectivity index is 2.23. The Morgan fingerprint density at radius 2 is 2.19 bits per heavy atom. The minimum Gasteiger partial charge on any atom is -0.371 e. The van der Waals surface area contributed by atoms with E-state index in [2.05, 4.69) is 18.9 Å². The quantitative estimate of drug-likeness (QED) is 0.848. The van der Waals surface area contributed by atoms with Crippen LogP contribution < -0.4 is 10.6 Å². The minimum absolute atomic E-state index is 0.211. The van der Waals surface area contributed by atoms with Crippen LogP contribution in [0, 0.1) is 11.7 Å². The van der Waals surface area contributed by atoms with Crippen molar-refractivity contribution in [2.75, 3.05) is 11.9 Å². The number of hydrogen-bond acceptors (Lipinski definition) is 2. The molecule has 3 heteroatoms. The van der Waals surface area contributed by atoms with E-state index in [1.54, 1.807) is 0 Å². The third-order valence-electron chi connectivity index (χ3n) is 3.56. The second-order valence-electron chi connectivity index (χ2n) is 4.67. The highest BCUT2D eigenvalue weighted by Crippen LogP contribution is 2.37. The van der Waals surface area contributed by atoms with Crippen molar-refractivity contribution < 1.29 is 4.39 Å². The maximum absolute atomic E-state index is 13.1. The Kier molecular flexibility index (Phi) is 3.15. The van der Waals surface area contributed by atoms with E-state index in [-0.39, 0.29) is 5.82 Å². The van der Waals surface area contributed by atoms with Crippen LogP contribution in [0.1, 0.15) is 25.3 Å². The van der Waals surface area contributed by atoms with Gasteiger partial charge in [-0.25, -0.2) is 4.39 Å². The van der Waals surface area contributed by atoms with Crippen LogP contribution in [0.5, 0.6) is 0 Å². The number of nitrogens with two attached hydrogens (primary N) is 1. The van der Waals surface area contributed by atoms with Crippen molar-refractivity contribution in [1.82, 2.24) is 0 Å². The lowest BCUT2D eigenvalue weighted by molar-refractivity contribution is 0.602. The second-order valence-corrected chi connectivity index (χ2v) is 4.67. The molecule has 1 saturated carbocycles. The third-order valence-corrected chi connectivity index (χ3v) is 3.56. The van der Waals surface area contributed by atoms with Crippen LogP contribution in [0.25, 0.3) is 0 Å². The number of anilines is 1. The van der Waals surface area contributed by atoms with Crippen molar-refractivity contribution in [3.8, 4) is 0 Å². The van der Waals surface area contributed by atoms with Crippen LogP contribution in [0.3, 0.4) is 0 Å². The maximum Gasteiger partial charge on any atom is 0.123 e. The number of hydrogen-bond donors (Lipinski definition) is 1. The van der Waals surface area contributed by atoms with Crippen molar-refractivity contribution in [3.05, 3.63) is 29.6 Å². The molecule has 1 fully saturated rings. The van der Waals surface area contributed by atoms with Gasteiger partial charge in [0.05, 0.1) is 0 Å². The van der Waals surface area contributed by atoms with Gasteiger partial charge in [-0.2, -0.15) is 0 Å². The fraction of sp³-hybridized carbons (Fsp3) is 0.538. The normalized spacial score (nSPS) is 17.2. The van der Waals surface area contributed by atoms with E-state index in [0.29, 0.717) is 12.6 Å². The van der Waals surface area contributed by atoms with E-state index in [1.807, 2.05) is 6.07 Å². The summed E-state index contributed by atoms with van der Waals surface area (Å²) >= 11 is 0. The zero-order valence-electron chi connectivity index (χ0n) is 9.91. The lowest BCUT2D eigenvalue weighted by Gasteiger charge is -2.29. The molecule has 2 rings (SSSR count). The molecule has 1 aromatic rings. The van der Waals surface area contributed by atoms with Gasteiger partial charge in [0.25, 0.3) is 0 Å². The Morgan fingerprint density at radius 1 is 1.50 bits per heavy atom. The summed E-state index contributed by atoms with van der Waals surface area (Å²) < 4.78 is 13.1. The Labute approximate surface area is 96.2 Å². The lowest BCUT2D eigenvalue weighted by atomic mass is 10.1. The molecular weight excluding hydrogens is 203 g/mol. The first kappa shape index (κ1) is 11.4. The van der Waals surface area contributed by atoms with Crippen molar-refractivity contribution in [2.45, 2.75) is 32.4 Å². The van der Waals surface area contributed by atoms with E-state index < -0.39 is 0 Å². The van der Waals surface area contributed by atoms with Gasteiger partial charge < -0.3 is 10.6 Å². The third kappa shape index (κ3) is 2.19. The summed E-state index contributed by atoms with van der Waals surface area (Å²) in [6.07, 6.45) is 2.62. The van der Waals surface area contributed by atoms with Crippen LogP contribution in [-0.2, 0) is 6.54 Å². The minimum atomic E-state index is -0.211. The molecule has 1 aliphatic carbocycles. The highest BCUT2D eigenvalue weighted by Gasteiger charge is 2.31. The van der Waals surface area contributed by atoms with Crippen LogP contribution in [0.2, 0.25) is 0 Å². The summed E-state index contributed by atoms with van der Waals surface area (Å²) in [5.41, 5.74) is 7.60. The first-order valence-electron chi connectivity index (χ1n) is 5.85. The van der Waals surface area contributed by atoms with Gasteiger partial charge in [-0.1, -0.05) is 0 Å². The van der Waals surface area contributed by atoms with Crippen molar-refractivity contribution in [1.29, 1.82) is 0 Å². The molecule has 1 atom stereocenters. The molecule has 2 nitrogen and oxygen atoms in total. The number of rotatable bonds is 4. The smallest absolute Gasteiger partial charge is 0.123 e. The van der Waals surface area contributed by atoms with E-state index in [4.69, 9.17) is 5.73 Å². The summed E-state index contributed by atoms with van der Waals surface area (Å²) in [7, 11) is 2.06. The number of benzene rings is 1. The fourth-order valence-electron chi connectivity index (χ4n) is 2.18. The summed E-state index contributed by atoms with van der Waals surface area (Å²) in [6.45, 7) is 2.61. The van der Waals surface area contributed by atoms with Gasteiger partial charge in [0.1, 0.15) is 5.82 Å². The molecule has 0 aromatic heterocycles. The number of halogens is 1. The summed E-state index contributed by atoms with van der Waals surface area (Å²) in [6, 6.07) is 5.38. The topological polar surface area (TPSA) is 29.3 Å². The van der Waals surface area contributed by atoms with Gasteiger partial charge in [0, 0.05) is 25.3 Å². The lowest BCUT2D eigenvalue weighted by Crippen LogP contribution is -2.31. The molecule has 0 amide bonds. The zero-order valence-corrected chi connectivity index (χ0v) is 9.91. The Hall–Kier alpha value is -1.09. The summed E-state index contributed by atoms with van der Waals surface area (Å²) in [5.74, 6) is 0.581. The van der Waals surface area contributed by atoms with Crippen LogP contribution in [0.15, 0.2) is 18.2 Å². The standard InChI is InChI=1S/C13H19FN2/c1-9(10-3-4-10)16(2)13-6-5-12(14)7-11(13)8-15/h5-7,9-10H,3-4,8,15H2,1-2H3. The molecule has 1 aliphatic rings. The second kappa shape index (κ2) is 4.42. The maximum atomic E-state index is 13.1. The predicted octanol–water partition coefficient (Wildman–Crippen LogP) is 2.52. The number of nitrogens with zero attached hydrogens (tertiary/aromatic N) is 1. The molecule has 1 unspecified atom stereocenters. The SMILES string of the molecule is CC(C1CC1)N(C)c1ccc(F)cc1CN. The van der Waals surface area contributed by atoms with Crippen molar-refractivity contribution in [2.24, 2.45) is 11.7 Å². The Morgan fingerprint density at radius 3 is 2.75 bits per heavy atom. The molecule has 0 bridgehead atoms. The van der Waals surface area contributed by atoms with Crippen LogP contribution in [-0.4, -0.2) is 13.1 Å². The van der Waals surface area contributed by atoms with E-state index in [9.17, 15) is 4.39 Å². The molecule has 88 valence electrons. The molecule has 0 aliphatic heterocycles. The molecule has 0 heterocycles. The van der Waals surface area contributed by atoms with Crippen LogP contribution in [0.4, 0.5) is 10.1 Å². The van der Waals surface area contributed by atoms with E-state index >= 15 is 0 Å². The van der Waals surface area contributed by atoms with Crippen LogP contribution >= 0.6 is 0 Å². The highest BCUT2D eigenvalue weighted by molar-refractivity contribution is 5.54. The fourth-order valence-corrected chi connectivity index (χ4v) is 2.18.